The second kappa shape index (κ2) is 5.41. The average Bonchev–Trinajstić information content (AvgIpc) is 2.29. The lowest BCUT2D eigenvalue weighted by atomic mass is 10.3. The topological polar surface area (TPSA) is 64.6 Å². The molecule has 0 radical (unpaired) electrons. The van der Waals surface area contributed by atoms with Crippen LogP contribution in [0.4, 0.5) is 18.9 Å². The van der Waals surface area contributed by atoms with Gasteiger partial charge in [0.1, 0.15) is 0 Å². The van der Waals surface area contributed by atoms with Gasteiger partial charge in [0, 0.05) is 12.8 Å². The van der Waals surface area contributed by atoms with E-state index in [-0.39, 0.29) is 5.69 Å². The summed E-state index contributed by atoms with van der Waals surface area (Å²) in [5.41, 5.74) is 0.192. The van der Waals surface area contributed by atoms with E-state index in [4.69, 9.17) is 0 Å². The molecule has 0 saturated carbocycles. The van der Waals surface area contributed by atoms with Gasteiger partial charge in [-0.2, -0.15) is 13.2 Å². The molecule has 0 aliphatic rings. The second-order valence-electron chi connectivity index (χ2n) is 3.03. The van der Waals surface area contributed by atoms with E-state index in [1.807, 2.05) is 0 Å². The summed E-state index contributed by atoms with van der Waals surface area (Å²) >= 11 is 0. The van der Waals surface area contributed by atoms with Gasteiger partial charge in [0.25, 0.3) is 0 Å². The van der Waals surface area contributed by atoms with Gasteiger partial charge in [0.2, 0.25) is 0 Å². The van der Waals surface area contributed by atoms with Crippen molar-refractivity contribution in [2.24, 2.45) is 0 Å². The van der Waals surface area contributed by atoms with Crippen LogP contribution in [0.15, 0.2) is 30.3 Å². The summed E-state index contributed by atoms with van der Waals surface area (Å²) in [6, 6.07) is 7.59. The van der Waals surface area contributed by atoms with Crippen molar-refractivity contribution in [1.29, 1.82) is 0 Å². The van der Waals surface area contributed by atoms with Crippen molar-refractivity contribution in [3.63, 3.8) is 0 Å². The zero-order chi connectivity index (χ0) is 13.8. The predicted octanol–water partition coefficient (Wildman–Crippen LogP) is 2.96. The van der Waals surface area contributed by atoms with Gasteiger partial charge in [0.15, 0.2) is 0 Å². The molecule has 0 bridgehead atoms. The number of carbonyl (C=O) groups excluding carboxylic acids is 1. The summed E-state index contributed by atoms with van der Waals surface area (Å²) in [6.45, 7) is 0. The number of hydrogen-bond donors (Lipinski definition) is 1. The summed E-state index contributed by atoms with van der Waals surface area (Å²) in [4.78, 5) is 10.6. The summed E-state index contributed by atoms with van der Waals surface area (Å²) in [6.07, 6.45) is -5.24. The van der Waals surface area contributed by atoms with Crippen LogP contribution in [0.5, 0.6) is 0 Å². The van der Waals surface area contributed by atoms with E-state index in [9.17, 15) is 22.5 Å². The molecule has 9 heteroatoms. The lowest BCUT2D eigenvalue weighted by molar-refractivity contribution is -0.190. The molecule has 0 aromatic heterocycles. The minimum absolute atomic E-state index is 0.192. The first-order valence-electron chi connectivity index (χ1n) is 4.57. The molecule has 5 nitrogen and oxygen atoms in total. The minimum Gasteiger partial charge on any atom is -0.369 e. The van der Waals surface area contributed by atoms with Crippen LogP contribution >= 0.6 is 7.75 Å². The summed E-state index contributed by atoms with van der Waals surface area (Å²) in [5.74, 6) is -2.59. The average molecular weight is 283 g/mol. The molecule has 0 fully saturated rings. The van der Waals surface area contributed by atoms with E-state index in [0.29, 0.717) is 0 Å². The van der Waals surface area contributed by atoms with Crippen molar-refractivity contribution in [2.45, 2.75) is 6.18 Å². The van der Waals surface area contributed by atoms with Crippen molar-refractivity contribution in [3.8, 4) is 0 Å². The maximum atomic E-state index is 12.0. The molecule has 0 heterocycles. The first-order valence-corrected chi connectivity index (χ1v) is 6.11. The van der Waals surface area contributed by atoms with E-state index in [2.05, 4.69) is 14.1 Å². The molecule has 1 aromatic carbocycles. The number of carbonyl (C=O) groups is 1. The Labute approximate surface area is 100 Å². The number of hydrogen-bond acceptors (Lipinski definition) is 4. The van der Waals surface area contributed by atoms with Crippen LogP contribution in [-0.2, 0) is 18.4 Å². The molecule has 0 spiro atoms. The first-order chi connectivity index (χ1) is 8.27. The third kappa shape index (κ3) is 4.05. The smallest absolute Gasteiger partial charge is 0.369 e. The Balaban J connectivity index is 2.81. The highest BCUT2D eigenvalue weighted by Gasteiger charge is 2.45. The van der Waals surface area contributed by atoms with Gasteiger partial charge in [-0.1, -0.05) is 18.2 Å². The van der Waals surface area contributed by atoms with Gasteiger partial charge in [-0.05, 0) is 12.1 Å². The van der Waals surface area contributed by atoms with Gasteiger partial charge in [-0.15, -0.1) is 0 Å². The van der Waals surface area contributed by atoms with Crippen molar-refractivity contribution < 1.29 is 31.6 Å². The number of para-hydroxylation sites is 1. The van der Waals surface area contributed by atoms with E-state index in [1.165, 1.54) is 12.1 Å². The molecular weight excluding hydrogens is 274 g/mol. The van der Waals surface area contributed by atoms with Crippen molar-refractivity contribution in [3.05, 3.63) is 30.3 Å². The van der Waals surface area contributed by atoms with E-state index in [0.717, 1.165) is 7.11 Å². The van der Waals surface area contributed by atoms with Crippen LogP contribution in [0.25, 0.3) is 0 Å². The Bertz CT molecular complexity index is 463. The third-order valence-electron chi connectivity index (χ3n) is 1.71. The number of anilines is 1. The molecule has 1 rings (SSSR count). The maximum Gasteiger partial charge on any atom is 0.491 e. The Kier molecular flexibility index (Phi) is 4.37. The molecule has 1 unspecified atom stereocenters. The zero-order valence-corrected chi connectivity index (χ0v) is 10.00. The number of alkyl halides is 3. The van der Waals surface area contributed by atoms with Gasteiger partial charge >= 0.3 is 19.9 Å². The Hall–Kier alpha value is -1.53. The molecule has 0 aliphatic heterocycles. The number of nitrogens with one attached hydrogen (secondary N) is 1. The van der Waals surface area contributed by atoms with E-state index >= 15 is 0 Å². The van der Waals surface area contributed by atoms with Crippen LogP contribution in [0.1, 0.15) is 0 Å². The van der Waals surface area contributed by atoms with Crippen LogP contribution in [0.2, 0.25) is 0 Å². The monoisotopic (exact) mass is 283 g/mol. The molecule has 100 valence electrons. The standard InChI is InChI=1S/C9H9F3NO4P/c1-16-18(15,17-8(14)9(10,11)12)13-7-5-3-2-4-6-7/h2-6H,1H3,(H,13,15). The van der Waals surface area contributed by atoms with Gasteiger partial charge in [-0.3, -0.25) is 9.61 Å². The fraction of sp³-hybridized carbons (Fsp3) is 0.222. The fourth-order valence-corrected chi connectivity index (χ4v) is 1.94. The molecule has 0 aliphatic carbocycles. The molecule has 1 N–H and O–H groups in total. The number of benzene rings is 1. The van der Waals surface area contributed by atoms with Gasteiger partial charge in [0.05, 0.1) is 0 Å². The van der Waals surface area contributed by atoms with Crippen LogP contribution in [0.3, 0.4) is 0 Å². The summed E-state index contributed by atoms with van der Waals surface area (Å²) < 4.78 is 55.8. The second-order valence-corrected chi connectivity index (χ2v) is 4.80. The Morgan fingerprint density at radius 1 is 1.28 bits per heavy atom. The summed E-state index contributed by atoms with van der Waals surface area (Å²) in [7, 11) is -3.53. The predicted molar refractivity (Wildman–Crippen MR) is 56.8 cm³/mol. The van der Waals surface area contributed by atoms with E-state index < -0.39 is 19.9 Å². The summed E-state index contributed by atoms with van der Waals surface area (Å²) in [5, 5.41) is 2.10. The van der Waals surface area contributed by atoms with Crippen LogP contribution in [-0.4, -0.2) is 19.3 Å². The van der Waals surface area contributed by atoms with Crippen LogP contribution < -0.4 is 5.09 Å². The zero-order valence-electron chi connectivity index (χ0n) is 9.10. The van der Waals surface area contributed by atoms with Gasteiger partial charge in [-0.25, -0.2) is 9.36 Å². The molecule has 0 amide bonds. The highest BCUT2D eigenvalue weighted by molar-refractivity contribution is 7.56. The molecule has 1 aromatic rings. The normalized spacial score (nSPS) is 14.7. The Morgan fingerprint density at radius 2 is 1.83 bits per heavy atom. The lowest BCUT2D eigenvalue weighted by Gasteiger charge is -2.18. The van der Waals surface area contributed by atoms with E-state index in [1.54, 1.807) is 18.2 Å². The quantitative estimate of drug-likeness (QED) is 0.860. The molecule has 0 saturated heterocycles. The fourth-order valence-electron chi connectivity index (χ4n) is 0.937. The number of halogens is 3. The van der Waals surface area contributed by atoms with Gasteiger partial charge < -0.3 is 4.52 Å². The number of rotatable bonds is 4. The third-order valence-corrected chi connectivity index (χ3v) is 3.13. The largest absolute Gasteiger partial charge is 0.491 e. The highest BCUT2D eigenvalue weighted by Crippen LogP contribution is 2.48. The lowest BCUT2D eigenvalue weighted by Crippen LogP contribution is -2.25. The minimum atomic E-state index is -5.24. The SMILES string of the molecule is COP(=O)(Nc1ccccc1)OC(=O)C(F)(F)F. The molecule has 1 atom stereocenters. The molecule has 18 heavy (non-hydrogen) atoms. The maximum absolute atomic E-state index is 12.0. The van der Waals surface area contributed by atoms with Crippen molar-refractivity contribution in [1.82, 2.24) is 0 Å². The Morgan fingerprint density at radius 3 is 2.28 bits per heavy atom. The van der Waals surface area contributed by atoms with Crippen LogP contribution in [0, 0.1) is 0 Å². The highest BCUT2D eigenvalue weighted by atomic mass is 31.2. The molecular formula is C9H9F3NO4P. The van der Waals surface area contributed by atoms with Crippen molar-refractivity contribution in [2.75, 3.05) is 12.2 Å². The van der Waals surface area contributed by atoms with Crippen molar-refractivity contribution >= 4 is 19.4 Å². The first kappa shape index (κ1) is 14.5.